The predicted octanol–water partition coefficient (Wildman–Crippen LogP) is -0.317. The van der Waals surface area contributed by atoms with Gasteiger partial charge in [0.05, 0.1) is 6.54 Å². The summed E-state index contributed by atoms with van der Waals surface area (Å²) in [5.74, 6) is 0.735. The van der Waals surface area contributed by atoms with E-state index in [4.69, 9.17) is 0 Å². The first-order chi connectivity index (χ1) is 4.93. The first kappa shape index (κ1) is 6.64. The standard InChI is InChI=1S/C5H6N4O/c10-4-6-2-1-5-7-3-8-9-5/h3H,1-2H2,(H,7,8,9). The first-order valence-electron chi connectivity index (χ1n) is 2.81. The number of aromatic amines is 1. The van der Waals surface area contributed by atoms with Crippen molar-refractivity contribution in [3.05, 3.63) is 12.2 Å². The minimum atomic E-state index is 0.415. The van der Waals surface area contributed by atoms with Gasteiger partial charge >= 0.3 is 0 Å². The molecule has 0 saturated heterocycles. The second-order valence-electron chi connectivity index (χ2n) is 1.66. The zero-order chi connectivity index (χ0) is 7.23. The molecule has 0 saturated carbocycles. The summed E-state index contributed by atoms with van der Waals surface area (Å²) in [6, 6.07) is 0. The van der Waals surface area contributed by atoms with Gasteiger partial charge in [-0.3, -0.25) is 5.10 Å². The maximum Gasteiger partial charge on any atom is 0.234 e. The van der Waals surface area contributed by atoms with E-state index in [1.54, 1.807) is 0 Å². The van der Waals surface area contributed by atoms with Crippen molar-refractivity contribution in [3.8, 4) is 0 Å². The van der Waals surface area contributed by atoms with Gasteiger partial charge in [-0.2, -0.15) is 5.10 Å². The summed E-state index contributed by atoms with van der Waals surface area (Å²) < 4.78 is 0. The quantitative estimate of drug-likeness (QED) is 0.459. The van der Waals surface area contributed by atoms with Crippen molar-refractivity contribution < 1.29 is 4.79 Å². The van der Waals surface area contributed by atoms with Crippen molar-refractivity contribution in [3.63, 3.8) is 0 Å². The summed E-state index contributed by atoms with van der Waals surface area (Å²) in [4.78, 5) is 16.8. The molecule has 5 heteroatoms. The highest BCUT2D eigenvalue weighted by atomic mass is 16.1. The zero-order valence-corrected chi connectivity index (χ0v) is 5.24. The second kappa shape index (κ2) is 3.53. The predicted molar refractivity (Wildman–Crippen MR) is 33.1 cm³/mol. The molecule has 5 nitrogen and oxygen atoms in total. The Labute approximate surface area is 57.2 Å². The van der Waals surface area contributed by atoms with E-state index in [0.717, 1.165) is 5.82 Å². The molecule has 0 atom stereocenters. The molecule has 0 amide bonds. The third kappa shape index (κ3) is 1.80. The molecular formula is C5H6N4O. The van der Waals surface area contributed by atoms with Crippen LogP contribution in [0.5, 0.6) is 0 Å². The normalized spacial score (nSPS) is 8.80. The van der Waals surface area contributed by atoms with Crippen LogP contribution in [0.1, 0.15) is 5.82 Å². The molecule has 0 fully saturated rings. The molecule has 0 radical (unpaired) electrons. The van der Waals surface area contributed by atoms with Gasteiger partial charge in [-0.15, -0.1) is 0 Å². The second-order valence-corrected chi connectivity index (χ2v) is 1.66. The Bertz CT molecular complexity index is 224. The monoisotopic (exact) mass is 138 g/mol. The highest BCUT2D eigenvalue weighted by Gasteiger charge is 1.91. The van der Waals surface area contributed by atoms with Crippen LogP contribution >= 0.6 is 0 Å². The molecule has 0 aliphatic carbocycles. The summed E-state index contributed by atoms with van der Waals surface area (Å²) >= 11 is 0. The van der Waals surface area contributed by atoms with E-state index < -0.39 is 0 Å². The molecule has 52 valence electrons. The number of nitrogens with zero attached hydrogens (tertiary/aromatic N) is 3. The molecule has 0 aliphatic heterocycles. The summed E-state index contributed by atoms with van der Waals surface area (Å²) in [5.41, 5.74) is 0. The van der Waals surface area contributed by atoms with Gasteiger partial charge in [0.25, 0.3) is 0 Å². The van der Waals surface area contributed by atoms with Crippen molar-refractivity contribution >= 4 is 6.08 Å². The number of aliphatic imine (C=N–C) groups is 1. The lowest BCUT2D eigenvalue weighted by molar-refractivity contribution is 0.562. The number of H-pyrrole nitrogens is 1. The molecule has 1 rings (SSSR count). The van der Waals surface area contributed by atoms with Gasteiger partial charge in [-0.1, -0.05) is 0 Å². The fourth-order valence-corrected chi connectivity index (χ4v) is 0.559. The molecule has 10 heavy (non-hydrogen) atoms. The van der Waals surface area contributed by atoms with Gasteiger partial charge in [-0.25, -0.2) is 14.8 Å². The van der Waals surface area contributed by atoms with Crippen molar-refractivity contribution in [2.24, 2.45) is 4.99 Å². The number of hydrogen-bond donors (Lipinski definition) is 1. The van der Waals surface area contributed by atoms with Crippen molar-refractivity contribution in [2.75, 3.05) is 6.54 Å². The minimum absolute atomic E-state index is 0.415. The maximum atomic E-state index is 9.60. The Hall–Kier alpha value is -1.48. The summed E-state index contributed by atoms with van der Waals surface area (Å²) in [6.45, 7) is 0.415. The number of aromatic nitrogens is 3. The lowest BCUT2D eigenvalue weighted by Gasteiger charge is -1.85. The molecule has 1 aromatic rings. The van der Waals surface area contributed by atoms with Crippen molar-refractivity contribution in [1.29, 1.82) is 0 Å². The Balaban J connectivity index is 2.34. The number of carbonyl (C=O) groups excluding carboxylic acids is 1. The fraction of sp³-hybridized carbons (Fsp3) is 0.400. The van der Waals surface area contributed by atoms with Crippen LogP contribution in [-0.2, 0) is 11.2 Å². The maximum absolute atomic E-state index is 9.60. The van der Waals surface area contributed by atoms with Crippen LogP contribution in [0.3, 0.4) is 0 Å². The Kier molecular flexibility index (Phi) is 2.34. The van der Waals surface area contributed by atoms with Crippen molar-refractivity contribution in [1.82, 2.24) is 15.2 Å². The summed E-state index contributed by atoms with van der Waals surface area (Å²) in [6.07, 6.45) is 3.47. The Morgan fingerprint density at radius 2 is 2.70 bits per heavy atom. The SMILES string of the molecule is O=C=NCCc1ncn[nH]1. The van der Waals surface area contributed by atoms with Crippen LogP contribution in [0.15, 0.2) is 11.3 Å². The smallest absolute Gasteiger partial charge is 0.234 e. The van der Waals surface area contributed by atoms with Crippen LogP contribution in [0, 0.1) is 0 Å². The van der Waals surface area contributed by atoms with Gasteiger partial charge in [0.15, 0.2) is 0 Å². The molecule has 0 aliphatic rings. The van der Waals surface area contributed by atoms with E-state index in [9.17, 15) is 4.79 Å². The van der Waals surface area contributed by atoms with E-state index in [0.29, 0.717) is 13.0 Å². The number of hydrogen-bond acceptors (Lipinski definition) is 4. The average molecular weight is 138 g/mol. The van der Waals surface area contributed by atoms with Gasteiger partial charge < -0.3 is 0 Å². The number of isocyanates is 1. The lowest BCUT2D eigenvalue weighted by Crippen LogP contribution is -1.91. The highest BCUT2D eigenvalue weighted by Crippen LogP contribution is 1.86. The molecule has 1 heterocycles. The third-order valence-corrected chi connectivity index (χ3v) is 0.990. The summed E-state index contributed by atoms with van der Waals surface area (Å²) in [5, 5.41) is 6.27. The van der Waals surface area contributed by atoms with Gasteiger partial charge in [0.1, 0.15) is 12.2 Å². The van der Waals surface area contributed by atoms with Crippen LogP contribution in [0.2, 0.25) is 0 Å². The van der Waals surface area contributed by atoms with Gasteiger partial charge in [-0.05, 0) is 0 Å². The highest BCUT2D eigenvalue weighted by molar-refractivity contribution is 5.32. The number of nitrogens with one attached hydrogen (secondary N) is 1. The van der Waals surface area contributed by atoms with Crippen LogP contribution in [0.4, 0.5) is 0 Å². The van der Waals surface area contributed by atoms with E-state index in [-0.39, 0.29) is 0 Å². The Morgan fingerprint density at radius 1 is 1.80 bits per heavy atom. The average Bonchev–Trinajstić information content (AvgIpc) is 2.41. The Morgan fingerprint density at radius 3 is 3.30 bits per heavy atom. The van der Waals surface area contributed by atoms with E-state index in [1.165, 1.54) is 12.4 Å². The summed E-state index contributed by atoms with van der Waals surface area (Å²) in [7, 11) is 0. The minimum Gasteiger partial charge on any atom is -0.263 e. The van der Waals surface area contributed by atoms with Crippen LogP contribution in [-0.4, -0.2) is 27.8 Å². The largest absolute Gasteiger partial charge is 0.263 e. The number of rotatable bonds is 3. The van der Waals surface area contributed by atoms with E-state index >= 15 is 0 Å². The van der Waals surface area contributed by atoms with Gasteiger partial charge in [0.2, 0.25) is 6.08 Å². The lowest BCUT2D eigenvalue weighted by atomic mass is 10.4. The zero-order valence-electron chi connectivity index (χ0n) is 5.24. The van der Waals surface area contributed by atoms with Crippen LogP contribution in [0.25, 0.3) is 0 Å². The molecule has 0 aromatic carbocycles. The van der Waals surface area contributed by atoms with E-state index in [1.807, 2.05) is 0 Å². The topological polar surface area (TPSA) is 71.0 Å². The molecule has 0 spiro atoms. The first-order valence-corrected chi connectivity index (χ1v) is 2.81. The molecule has 1 N–H and O–H groups in total. The molecule has 0 unspecified atom stereocenters. The van der Waals surface area contributed by atoms with Gasteiger partial charge in [0, 0.05) is 6.42 Å². The fourth-order valence-electron chi connectivity index (χ4n) is 0.559. The van der Waals surface area contributed by atoms with Crippen molar-refractivity contribution in [2.45, 2.75) is 6.42 Å². The van der Waals surface area contributed by atoms with E-state index in [2.05, 4.69) is 20.2 Å². The molecule has 1 aromatic heterocycles. The molecule has 0 bridgehead atoms. The third-order valence-electron chi connectivity index (χ3n) is 0.990. The van der Waals surface area contributed by atoms with Crippen LogP contribution < -0.4 is 0 Å². The molecular weight excluding hydrogens is 132 g/mol.